The fraction of sp³-hybridized carbons (Fsp3) is 0.0476. The average Bonchev–Trinajstić information content (AvgIpc) is 3.29. The van der Waals surface area contributed by atoms with Gasteiger partial charge in [-0.25, -0.2) is 4.57 Å². The van der Waals surface area contributed by atoms with Crippen LogP contribution in [0.5, 0.6) is 0 Å². The zero-order valence-corrected chi connectivity index (χ0v) is 13.5. The Balaban J connectivity index is 1.83. The van der Waals surface area contributed by atoms with E-state index in [9.17, 15) is 0 Å². The SMILES string of the molecule is c1ccc(-n2c3[n+](c4c5ccccc5[nH]c42)Cc2ccncc2-3)cc1. The standard InChI is InChI=1S/C21H15N4/c1-2-6-15(7-3-1)25-20-19(16-8-4-5-9-18(16)23-20)24-13-14-10-11-22-12-17(14)21(24)25/h1-12,23H,13H2/q+1. The van der Waals surface area contributed by atoms with Crippen LogP contribution in [0.1, 0.15) is 5.56 Å². The van der Waals surface area contributed by atoms with E-state index in [1.54, 1.807) is 0 Å². The predicted molar refractivity (Wildman–Crippen MR) is 97.7 cm³/mol. The Labute approximate surface area is 144 Å². The van der Waals surface area contributed by atoms with Crippen molar-refractivity contribution in [2.24, 2.45) is 0 Å². The first-order valence-corrected chi connectivity index (χ1v) is 8.45. The lowest BCUT2D eigenvalue weighted by molar-refractivity contribution is -0.645. The van der Waals surface area contributed by atoms with Crippen molar-refractivity contribution in [3.8, 4) is 17.1 Å². The topological polar surface area (TPSA) is 37.5 Å². The molecule has 0 bridgehead atoms. The molecule has 0 fully saturated rings. The molecular weight excluding hydrogens is 308 g/mol. The summed E-state index contributed by atoms with van der Waals surface area (Å²) >= 11 is 0. The van der Waals surface area contributed by atoms with Gasteiger partial charge in [-0.1, -0.05) is 30.3 Å². The lowest BCUT2D eigenvalue weighted by Crippen LogP contribution is -2.31. The van der Waals surface area contributed by atoms with Crippen LogP contribution in [0, 0.1) is 0 Å². The smallest absolute Gasteiger partial charge is 0.298 e. The Morgan fingerprint density at radius 3 is 2.72 bits per heavy atom. The van der Waals surface area contributed by atoms with Gasteiger partial charge in [-0.05, 0) is 30.3 Å². The highest BCUT2D eigenvalue weighted by atomic mass is 15.2. The fourth-order valence-corrected chi connectivity index (χ4v) is 4.06. The number of benzene rings is 2. The molecule has 0 saturated heterocycles. The molecule has 2 aromatic carbocycles. The maximum absolute atomic E-state index is 4.37. The number of imidazole rings is 1. The van der Waals surface area contributed by atoms with Gasteiger partial charge in [-0.2, -0.15) is 4.57 Å². The molecule has 0 aliphatic carbocycles. The second-order valence-electron chi connectivity index (χ2n) is 6.48. The molecule has 118 valence electrons. The normalized spacial score (nSPS) is 12.6. The van der Waals surface area contributed by atoms with Gasteiger partial charge in [0, 0.05) is 18.0 Å². The number of hydrogen-bond acceptors (Lipinski definition) is 1. The van der Waals surface area contributed by atoms with E-state index in [0.29, 0.717) is 0 Å². The van der Waals surface area contributed by atoms with Gasteiger partial charge in [-0.15, -0.1) is 0 Å². The molecule has 0 amide bonds. The van der Waals surface area contributed by atoms with Gasteiger partial charge in [0.05, 0.1) is 16.5 Å². The van der Waals surface area contributed by atoms with Crippen LogP contribution in [0.25, 0.3) is 39.1 Å². The largest absolute Gasteiger partial charge is 0.318 e. The molecule has 4 heterocycles. The number of rotatable bonds is 1. The molecule has 0 spiro atoms. The summed E-state index contributed by atoms with van der Waals surface area (Å²) in [5.74, 6) is 1.20. The molecule has 0 atom stereocenters. The van der Waals surface area contributed by atoms with Crippen molar-refractivity contribution < 1.29 is 4.57 Å². The molecule has 4 heteroatoms. The second-order valence-corrected chi connectivity index (χ2v) is 6.48. The van der Waals surface area contributed by atoms with Crippen molar-refractivity contribution in [3.63, 3.8) is 0 Å². The summed E-state index contributed by atoms with van der Waals surface area (Å²) in [6, 6.07) is 21.2. The van der Waals surface area contributed by atoms with Crippen molar-refractivity contribution in [2.45, 2.75) is 6.54 Å². The van der Waals surface area contributed by atoms with E-state index < -0.39 is 0 Å². The predicted octanol–water partition coefficient (Wildman–Crippen LogP) is 3.82. The number of nitrogens with one attached hydrogen (secondary N) is 1. The van der Waals surface area contributed by atoms with Crippen LogP contribution in [0.3, 0.4) is 0 Å². The van der Waals surface area contributed by atoms with Crippen molar-refractivity contribution in [2.75, 3.05) is 0 Å². The Kier molecular flexibility index (Phi) is 2.37. The van der Waals surface area contributed by atoms with E-state index in [-0.39, 0.29) is 0 Å². The minimum Gasteiger partial charge on any atom is -0.318 e. The highest BCUT2D eigenvalue weighted by molar-refractivity contribution is 6.03. The number of hydrogen-bond donors (Lipinski definition) is 1. The minimum absolute atomic E-state index is 0.880. The summed E-state index contributed by atoms with van der Waals surface area (Å²) in [7, 11) is 0. The van der Waals surface area contributed by atoms with Crippen LogP contribution in [0.15, 0.2) is 73.1 Å². The van der Waals surface area contributed by atoms with Crippen LogP contribution in [-0.2, 0) is 6.54 Å². The van der Waals surface area contributed by atoms with Gasteiger partial charge in [0.2, 0.25) is 5.52 Å². The third-order valence-electron chi connectivity index (χ3n) is 5.12. The van der Waals surface area contributed by atoms with Crippen LogP contribution >= 0.6 is 0 Å². The number of nitrogens with zero attached hydrogens (tertiary/aromatic N) is 3. The van der Waals surface area contributed by atoms with E-state index in [2.05, 4.69) is 79.8 Å². The first-order chi connectivity index (χ1) is 12.4. The molecular formula is C21H15N4+. The third kappa shape index (κ3) is 1.61. The Hall–Kier alpha value is -3.40. The summed E-state index contributed by atoms with van der Waals surface area (Å²) < 4.78 is 4.73. The highest BCUT2D eigenvalue weighted by Gasteiger charge is 2.36. The molecule has 0 saturated carbocycles. The first kappa shape index (κ1) is 13.0. The third-order valence-corrected chi connectivity index (χ3v) is 5.12. The van der Waals surface area contributed by atoms with Gasteiger partial charge < -0.3 is 4.98 Å². The van der Waals surface area contributed by atoms with E-state index in [1.807, 2.05) is 12.4 Å². The number of H-pyrrole nitrogens is 1. The van der Waals surface area contributed by atoms with E-state index in [1.165, 1.54) is 33.4 Å². The fourth-order valence-electron chi connectivity index (χ4n) is 4.06. The molecule has 25 heavy (non-hydrogen) atoms. The van der Waals surface area contributed by atoms with Gasteiger partial charge in [-0.3, -0.25) is 4.98 Å². The monoisotopic (exact) mass is 323 g/mol. The molecule has 5 aromatic rings. The van der Waals surface area contributed by atoms with E-state index in [4.69, 9.17) is 0 Å². The summed E-state index contributed by atoms with van der Waals surface area (Å²) in [5.41, 5.74) is 7.25. The van der Waals surface area contributed by atoms with E-state index >= 15 is 0 Å². The maximum Gasteiger partial charge on any atom is 0.298 e. The number of aromatic nitrogens is 4. The quantitative estimate of drug-likeness (QED) is 0.459. The van der Waals surface area contributed by atoms with Crippen LogP contribution in [-0.4, -0.2) is 14.5 Å². The Morgan fingerprint density at radius 2 is 1.80 bits per heavy atom. The number of aromatic amines is 1. The Morgan fingerprint density at radius 1 is 0.960 bits per heavy atom. The molecule has 0 unspecified atom stereocenters. The van der Waals surface area contributed by atoms with Crippen LogP contribution < -0.4 is 4.57 Å². The summed E-state index contributed by atoms with van der Waals surface area (Å²) in [6.07, 6.45) is 3.86. The Bertz CT molecular complexity index is 1260. The molecule has 1 aliphatic heterocycles. The molecule has 1 N–H and O–H groups in total. The van der Waals surface area contributed by atoms with Crippen LogP contribution in [0.2, 0.25) is 0 Å². The minimum atomic E-state index is 0.880. The van der Waals surface area contributed by atoms with Gasteiger partial charge in [0.15, 0.2) is 0 Å². The lowest BCUT2D eigenvalue weighted by atomic mass is 10.1. The summed E-state index contributed by atoms with van der Waals surface area (Å²) in [5, 5.41) is 1.26. The van der Waals surface area contributed by atoms with Gasteiger partial charge >= 0.3 is 0 Å². The lowest BCUT2D eigenvalue weighted by Gasteiger charge is -2.00. The number of pyridine rings is 1. The average molecular weight is 323 g/mol. The summed E-state index contributed by atoms with van der Waals surface area (Å²) in [4.78, 5) is 8.00. The van der Waals surface area contributed by atoms with Crippen molar-refractivity contribution in [1.29, 1.82) is 0 Å². The van der Waals surface area contributed by atoms with Crippen molar-refractivity contribution >= 4 is 22.1 Å². The maximum atomic E-state index is 4.37. The van der Waals surface area contributed by atoms with Gasteiger partial charge in [0.25, 0.3) is 11.5 Å². The molecule has 0 radical (unpaired) electrons. The molecule has 6 rings (SSSR count). The second kappa shape index (κ2) is 4.57. The zero-order chi connectivity index (χ0) is 16.4. The van der Waals surface area contributed by atoms with Crippen molar-refractivity contribution in [3.05, 3.63) is 78.6 Å². The highest BCUT2D eigenvalue weighted by Crippen LogP contribution is 2.35. The summed E-state index contributed by atoms with van der Waals surface area (Å²) in [6.45, 7) is 0.880. The molecule has 3 aromatic heterocycles. The van der Waals surface area contributed by atoms with E-state index in [0.717, 1.165) is 17.9 Å². The van der Waals surface area contributed by atoms with Gasteiger partial charge in [0.1, 0.15) is 12.2 Å². The zero-order valence-electron chi connectivity index (χ0n) is 13.5. The first-order valence-electron chi connectivity index (χ1n) is 8.45. The molecule has 1 aliphatic rings. The molecule has 4 nitrogen and oxygen atoms in total. The number of para-hydroxylation sites is 2. The number of fused-ring (bicyclic) bond motifs is 7. The van der Waals surface area contributed by atoms with Crippen LogP contribution in [0.4, 0.5) is 0 Å². The van der Waals surface area contributed by atoms with Crippen molar-refractivity contribution in [1.82, 2.24) is 14.5 Å².